The summed E-state index contributed by atoms with van der Waals surface area (Å²) in [6, 6.07) is -4.45. The Morgan fingerprint density at radius 1 is 0.891 bits per heavy atom. The number of nitrogens with two attached hydrogens (primary N) is 1. The number of nitrogens with zero attached hydrogens (tertiary/aromatic N) is 1. The minimum Gasteiger partial charge on any atom is -0.363 e. The number of primary amides is 1. The van der Waals surface area contributed by atoms with Crippen molar-refractivity contribution >= 4 is 39.4 Å². The first-order valence-electron chi connectivity index (χ1n) is 16.4. The van der Waals surface area contributed by atoms with Gasteiger partial charge in [0.05, 0.1) is 16.5 Å². The van der Waals surface area contributed by atoms with Crippen molar-refractivity contribution in [3.63, 3.8) is 0 Å². The first-order chi connectivity index (χ1) is 20.7. The Bertz CT molecular complexity index is 1340. The maximum Gasteiger partial charge on any atom is 0.315 e. The van der Waals surface area contributed by atoms with Crippen LogP contribution in [0.5, 0.6) is 0 Å². The first kappa shape index (κ1) is 37.8. The summed E-state index contributed by atoms with van der Waals surface area (Å²) in [5.74, 6) is -3.10. The fraction of sp³-hybridized carbons (Fsp3) is 0.848. The number of hydrogen-bond donors (Lipinski definition) is 4. The van der Waals surface area contributed by atoms with Crippen LogP contribution in [0.3, 0.4) is 0 Å². The van der Waals surface area contributed by atoms with Crippen LogP contribution in [0.4, 0.5) is 4.79 Å². The molecule has 3 fully saturated rings. The van der Waals surface area contributed by atoms with Crippen molar-refractivity contribution in [2.45, 2.75) is 131 Å². The predicted octanol–water partition coefficient (Wildman–Crippen LogP) is 2.54. The van der Waals surface area contributed by atoms with Gasteiger partial charge >= 0.3 is 6.03 Å². The van der Waals surface area contributed by atoms with Crippen LogP contribution in [0.25, 0.3) is 0 Å². The van der Waals surface area contributed by atoms with Crippen molar-refractivity contribution in [1.29, 1.82) is 0 Å². The number of piperidine rings is 1. The van der Waals surface area contributed by atoms with Crippen LogP contribution in [-0.4, -0.2) is 84.1 Å². The van der Waals surface area contributed by atoms with Crippen LogP contribution in [0.2, 0.25) is 0 Å². The molecule has 13 heteroatoms. The molecule has 3 rings (SSSR count). The molecule has 5 amide bonds. The SMILES string of the molecule is CC(C)(C)[C@H](NC(=O)N[C@H](CS(=O)(=O)C(C)(C)C)C(C)(C)C)C(=O)N1CC2[C@@H]([C@H]1C(=O)NC(CC1CCC1)C(=O)C(N)=O)C2(C)C. The lowest BCUT2D eigenvalue weighted by atomic mass is 9.80. The third-order valence-electron chi connectivity index (χ3n) is 10.5. The molecule has 5 N–H and O–H groups in total. The molecule has 0 aromatic carbocycles. The van der Waals surface area contributed by atoms with Gasteiger partial charge in [-0.05, 0) is 61.2 Å². The molecule has 12 nitrogen and oxygen atoms in total. The summed E-state index contributed by atoms with van der Waals surface area (Å²) in [7, 11) is -3.58. The van der Waals surface area contributed by atoms with Gasteiger partial charge in [-0.25, -0.2) is 13.2 Å². The average molecular weight is 668 g/mol. The van der Waals surface area contributed by atoms with Gasteiger partial charge in [-0.2, -0.15) is 0 Å². The second-order valence-corrected chi connectivity index (χ2v) is 20.2. The lowest BCUT2D eigenvalue weighted by Crippen LogP contribution is -2.62. The summed E-state index contributed by atoms with van der Waals surface area (Å²) in [5.41, 5.74) is 3.72. The monoisotopic (exact) mass is 667 g/mol. The van der Waals surface area contributed by atoms with Crippen LogP contribution in [-0.2, 0) is 29.0 Å². The van der Waals surface area contributed by atoms with Crippen molar-refractivity contribution in [3.05, 3.63) is 0 Å². The van der Waals surface area contributed by atoms with Gasteiger partial charge in [-0.1, -0.05) is 74.7 Å². The zero-order chi connectivity index (χ0) is 35.4. The Morgan fingerprint density at radius 2 is 1.46 bits per heavy atom. The number of Topliss-reactive ketones (excluding diaryl/α,β-unsaturated/α-hetero) is 1. The smallest absolute Gasteiger partial charge is 0.315 e. The van der Waals surface area contributed by atoms with Crippen LogP contribution in [0.1, 0.15) is 102 Å². The number of sulfone groups is 1. The predicted molar refractivity (Wildman–Crippen MR) is 176 cm³/mol. The van der Waals surface area contributed by atoms with Gasteiger partial charge in [0.15, 0.2) is 9.84 Å². The second kappa shape index (κ2) is 12.7. The molecule has 3 aliphatic rings. The lowest BCUT2D eigenvalue weighted by Gasteiger charge is -2.39. The van der Waals surface area contributed by atoms with Crippen LogP contribution >= 0.6 is 0 Å². The van der Waals surface area contributed by atoms with E-state index in [2.05, 4.69) is 16.0 Å². The molecule has 262 valence electrons. The van der Waals surface area contributed by atoms with Crippen LogP contribution < -0.4 is 21.7 Å². The number of amides is 5. The molecule has 0 bridgehead atoms. The van der Waals surface area contributed by atoms with Gasteiger partial charge in [-0.15, -0.1) is 0 Å². The maximum absolute atomic E-state index is 14.3. The van der Waals surface area contributed by atoms with Crippen molar-refractivity contribution in [2.75, 3.05) is 12.3 Å². The normalized spacial score (nSPS) is 24.9. The van der Waals surface area contributed by atoms with Gasteiger partial charge in [0.2, 0.25) is 17.6 Å². The number of likely N-dealkylation sites (tertiary alicyclic amines) is 1. The largest absolute Gasteiger partial charge is 0.363 e. The Balaban J connectivity index is 1.85. The third-order valence-corrected chi connectivity index (χ3v) is 13.1. The molecule has 2 unspecified atom stereocenters. The fourth-order valence-corrected chi connectivity index (χ4v) is 8.18. The minimum absolute atomic E-state index is 0.0476. The van der Waals surface area contributed by atoms with Gasteiger partial charge in [0.1, 0.15) is 12.1 Å². The molecule has 0 spiro atoms. The zero-order valence-corrected chi connectivity index (χ0v) is 30.4. The average Bonchev–Trinajstić information content (AvgIpc) is 3.18. The molecule has 1 saturated heterocycles. The van der Waals surface area contributed by atoms with E-state index in [1.807, 2.05) is 34.6 Å². The Morgan fingerprint density at radius 3 is 1.89 bits per heavy atom. The number of carbonyl (C=O) groups excluding carboxylic acids is 5. The maximum atomic E-state index is 14.3. The van der Waals surface area contributed by atoms with Crippen molar-refractivity contribution in [3.8, 4) is 0 Å². The van der Waals surface area contributed by atoms with Crippen molar-refractivity contribution in [1.82, 2.24) is 20.9 Å². The molecular weight excluding hydrogens is 610 g/mol. The summed E-state index contributed by atoms with van der Waals surface area (Å²) in [5, 5.41) is 8.39. The number of urea groups is 1. The molecule has 2 saturated carbocycles. The molecule has 1 heterocycles. The summed E-state index contributed by atoms with van der Waals surface area (Å²) in [4.78, 5) is 67.7. The van der Waals surface area contributed by atoms with Gasteiger partial charge in [-0.3, -0.25) is 19.2 Å². The Labute approximate surface area is 275 Å². The van der Waals surface area contributed by atoms with E-state index in [0.717, 1.165) is 19.3 Å². The van der Waals surface area contributed by atoms with E-state index in [4.69, 9.17) is 5.73 Å². The van der Waals surface area contributed by atoms with E-state index in [-0.39, 0.29) is 28.9 Å². The Kier molecular flexibility index (Phi) is 10.4. The number of carbonyl (C=O) groups is 5. The van der Waals surface area contributed by atoms with E-state index < -0.39 is 79.1 Å². The number of rotatable bonds is 11. The summed E-state index contributed by atoms with van der Waals surface area (Å²) >= 11 is 0. The molecule has 6 atom stereocenters. The topological polar surface area (TPSA) is 185 Å². The summed E-state index contributed by atoms with van der Waals surface area (Å²) in [6.07, 6.45) is 3.15. The van der Waals surface area contributed by atoms with Crippen molar-refractivity contribution in [2.24, 2.45) is 39.7 Å². The van der Waals surface area contributed by atoms with Gasteiger partial charge < -0.3 is 26.6 Å². The molecular formula is C33H57N5O7S. The molecule has 2 aliphatic carbocycles. The van der Waals surface area contributed by atoms with Crippen LogP contribution in [0.15, 0.2) is 0 Å². The highest BCUT2D eigenvalue weighted by molar-refractivity contribution is 7.92. The Hall–Kier alpha value is -2.70. The van der Waals surface area contributed by atoms with Crippen molar-refractivity contribution < 1.29 is 32.4 Å². The summed E-state index contributed by atoms with van der Waals surface area (Å²) < 4.78 is 25.1. The van der Waals surface area contributed by atoms with E-state index in [1.54, 1.807) is 41.5 Å². The lowest BCUT2D eigenvalue weighted by molar-refractivity contribution is -0.145. The number of hydrogen-bond acceptors (Lipinski definition) is 7. The second-order valence-electron chi connectivity index (χ2n) is 17.4. The highest BCUT2D eigenvalue weighted by Crippen LogP contribution is 2.65. The highest BCUT2D eigenvalue weighted by Gasteiger charge is 2.70. The zero-order valence-electron chi connectivity index (χ0n) is 29.6. The highest BCUT2D eigenvalue weighted by atomic mass is 32.2. The number of fused-ring (bicyclic) bond motifs is 1. The van der Waals surface area contributed by atoms with Gasteiger partial charge in [0.25, 0.3) is 5.91 Å². The molecule has 1 aliphatic heterocycles. The quantitative estimate of drug-likeness (QED) is 0.244. The molecule has 0 aromatic rings. The third kappa shape index (κ3) is 8.05. The van der Waals surface area contributed by atoms with E-state index in [1.165, 1.54) is 4.90 Å². The van der Waals surface area contributed by atoms with E-state index >= 15 is 0 Å². The minimum atomic E-state index is -3.58. The fourth-order valence-electron chi connectivity index (χ4n) is 6.66. The van der Waals surface area contributed by atoms with E-state index in [0.29, 0.717) is 13.0 Å². The molecule has 0 aromatic heterocycles. The standard InChI is InChI=1S/C33H57N5O7S/c1-30(2,3)21(17-46(44,45)32(7,8)9)36-29(43)37-25(31(4,5)6)28(42)38-16-19-22(33(19,10)11)23(38)27(41)35-20(24(39)26(34)40)15-18-13-12-14-18/h18-23,25H,12-17H2,1-11H3,(H2,34,40)(H,35,41)(H2,36,37,43)/t19?,20?,21-,22+,23+,25-/m1/s1. The number of ketones is 1. The van der Waals surface area contributed by atoms with E-state index in [9.17, 15) is 32.4 Å². The summed E-state index contributed by atoms with van der Waals surface area (Å²) in [6.45, 7) is 20.1. The molecule has 0 radical (unpaired) electrons. The van der Waals surface area contributed by atoms with Crippen LogP contribution in [0, 0.1) is 34.0 Å². The first-order valence-corrected chi connectivity index (χ1v) is 18.1. The van der Waals surface area contributed by atoms with Gasteiger partial charge in [0, 0.05) is 12.6 Å². The molecule has 46 heavy (non-hydrogen) atoms. The number of nitrogens with one attached hydrogen (secondary N) is 3.